The van der Waals surface area contributed by atoms with Crippen molar-refractivity contribution in [1.29, 1.82) is 0 Å². The highest BCUT2D eigenvalue weighted by Gasteiger charge is 2.28. The molecule has 2 unspecified atom stereocenters. The van der Waals surface area contributed by atoms with Crippen LogP contribution in [0.5, 0.6) is 0 Å². The Bertz CT molecular complexity index is 428. The molecule has 3 nitrogen and oxygen atoms in total. The monoisotopic (exact) mass is 270 g/mol. The molecule has 1 aliphatic rings. The van der Waals surface area contributed by atoms with E-state index in [2.05, 4.69) is 4.90 Å². The summed E-state index contributed by atoms with van der Waals surface area (Å²) in [7, 11) is 1.69. The molecule has 0 bridgehead atoms. The molecular weight excluding hydrogens is 250 g/mol. The van der Waals surface area contributed by atoms with Crippen molar-refractivity contribution in [2.45, 2.75) is 31.5 Å². The van der Waals surface area contributed by atoms with Crippen LogP contribution in [0.25, 0.3) is 0 Å². The lowest BCUT2D eigenvalue weighted by molar-refractivity contribution is 0.00984. The summed E-state index contributed by atoms with van der Waals surface area (Å²) >= 11 is 0. The Kier molecular flexibility index (Phi) is 4.85. The minimum absolute atomic E-state index is 0.154. The predicted octanol–water partition coefficient (Wildman–Crippen LogP) is 1.90. The van der Waals surface area contributed by atoms with Gasteiger partial charge >= 0.3 is 0 Å². The van der Waals surface area contributed by atoms with E-state index in [-0.39, 0.29) is 18.0 Å². The number of benzene rings is 1. The van der Waals surface area contributed by atoms with E-state index in [4.69, 9.17) is 10.5 Å². The summed E-state index contributed by atoms with van der Waals surface area (Å²) in [5, 5.41) is 0. The van der Waals surface area contributed by atoms with Gasteiger partial charge in [-0.05, 0) is 31.0 Å². The number of halogens is 2. The molecular formula is C14H20F2N2O. The van der Waals surface area contributed by atoms with Crippen LogP contribution >= 0.6 is 0 Å². The second-order valence-electron chi connectivity index (χ2n) is 4.98. The van der Waals surface area contributed by atoms with Crippen molar-refractivity contribution in [1.82, 2.24) is 4.90 Å². The Morgan fingerprint density at radius 2 is 2.21 bits per heavy atom. The largest absolute Gasteiger partial charge is 0.381 e. The summed E-state index contributed by atoms with van der Waals surface area (Å²) < 4.78 is 32.2. The molecule has 2 N–H and O–H groups in total. The van der Waals surface area contributed by atoms with Gasteiger partial charge in [-0.1, -0.05) is 0 Å². The lowest BCUT2D eigenvalue weighted by atomic mass is 9.98. The first-order valence-electron chi connectivity index (χ1n) is 6.55. The quantitative estimate of drug-likeness (QED) is 0.908. The number of nitrogens with two attached hydrogens (primary N) is 1. The fourth-order valence-corrected chi connectivity index (χ4v) is 2.61. The van der Waals surface area contributed by atoms with Crippen molar-refractivity contribution in [3.8, 4) is 0 Å². The molecule has 0 amide bonds. The lowest BCUT2D eigenvalue weighted by Gasteiger charge is -2.38. The number of rotatable bonds is 4. The van der Waals surface area contributed by atoms with Gasteiger partial charge in [0.1, 0.15) is 11.6 Å². The normalized spacial score (nSPS) is 24.6. The van der Waals surface area contributed by atoms with Crippen LogP contribution in [-0.4, -0.2) is 37.2 Å². The molecule has 106 valence electrons. The van der Waals surface area contributed by atoms with E-state index in [9.17, 15) is 8.78 Å². The van der Waals surface area contributed by atoms with E-state index >= 15 is 0 Å². The first-order chi connectivity index (χ1) is 9.13. The molecule has 0 spiro atoms. The molecule has 0 saturated carbocycles. The standard InChI is InChI=1S/C14H20F2N2O/c1-19-13-4-5-18(12(7-13)8-17)9-10-6-11(15)2-3-14(10)16/h2-3,6,12-13H,4-5,7-9,17H2,1H3. The highest BCUT2D eigenvalue weighted by atomic mass is 19.1. The molecule has 0 aliphatic carbocycles. The second kappa shape index (κ2) is 6.41. The Labute approximate surface area is 112 Å². The van der Waals surface area contributed by atoms with Gasteiger partial charge in [0.2, 0.25) is 0 Å². The highest BCUT2D eigenvalue weighted by molar-refractivity contribution is 5.18. The van der Waals surface area contributed by atoms with Crippen LogP contribution in [0.2, 0.25) is 0 Å². The van der Waals surface area contributed by atoms with Crippen LogP contribution in [0.3, 0.4) is 0 Å². The van der Waals surface area contributed by atoms with Gasteiger partial charge < -0.3 is 10.5 Å². The number of piperidine rings is 1. The second-order valence-corrected chi connectivity index (χ2v) is 4.98. The summed E-state index contributed by atoms with van der Waals surface area (Å²) in [4.78, 5) is 2.10. The van der Waals surface area contributed by atoms with Crippen LogP contribution in [-0.2, 0) is 11.3 Å². The number of nitrogens with zero attached hydrogens (tertiary/aromatic N) is 1. The van der Waals surface area contributed by atoms with Crippen LogP contribution < -0.4 is 5.73 Å². The zero-order valence-corrected chi connectivity index (χ0v) is 11.1. The van der Waals surface area contributed by atoms with Gasteiger partial charge in [-0.15, -0.1) is 0 Å². The van der Waals surface area contributed by atoms with Crippen molar-refractivity contribution in [3.63, 3.8) is 0 Å². The molecule has 1 saturated heterocycles. The Balaban J connectivity index is 2.07. The number of ether oxygens (including phenoxy) is 1. The summed E-state index contributed by atoms with van der Waals surface area (Å²) in [6.07, 6.45) is 1.94. The molecule has 2 rings (SSSR count). The number of likely N-dealkylation sites (tertiary alicyclic amines) is 1. The van der Waals surface area contributed by atoms with E-state index in [1.165, 1.54) is 12.1 Å². The van der Waals surface area contributed by atoms with Crippen molar-refractivity contribution in [2.75, 3.05) is 20.2 Å². The lowest BCUT2D eigenvalue weighted by Crippen LogP contribution is -2.48. The van der Waals surface area contributed by atoms with E-state index < -0.39 is 5.82 Å². The highest BCUT2D eigenvalue weighted by Crippen LogP contribution is 2.22. The third kappa shape index (κ3) is 3.49. The summed E-state index contributed by atoms with van der Waals surface area (Å²) in [6.45, 7) is 1.68. The molecule has 2 atom stereocenters. The van der Waals surface area contributed by atoms with Gasteiger partial charge in [-0.3, -0.25) is 4.90 Å². The number of hydrogen-bond donors (Lipinski definition) is 1. The molecule has 1 heterocycles. The Morgan fingerprint density at radius 3 is 2.89 bits per heavy atom. The Morgan fingerprint density at radius 1 is 1.42 bits per heavy atom. The SMILES string of the molecule is COC1CCN(Cc2cc(F)ccc2F)C(CN)C1. The summed E-state index contributed by atoms with van der Waals surface area (Å²) in [5.41, 5.74) is 6.15. The van der Waals surface area contributed by atoms with Crippen molar-refractivity contribution in [2.24, 2.45) is 5.73 Å². The number of methoxy groups -OCH3 is 1. The van der Waals surface area contributed by atoms with Crippen LogP contribution in [0.4, 0.5) is 8.78 Å². The molecule has 1 aromatic rings. The van der Waals surface area contributed by atoms with Gasteiger partial charge in [0.15, 0.2) is 0 Å². The Hall–Kier alpha value is -1.04. The van der Waals surface area contributed by atoms with Gasteiger partial charge in [-0.2, -0.15) is 0 Å². The maximum atomic E-state index is 13.6. The zero-order chi connectivity index (χ0) is 13.8. The average Bonchev–Trinajstić information content (AvgIpc) is 2.43. The van der Waals surface area contributed by atoms with E-state index in [1.807, 2.05) is 0 Å². The molecule has 1 aromatic carbocycles. The molecule has 19 heavy (non-hydrogen) atoms. The number of hydrogen-bond acceptors (Lipinski definition) is 3. The molecule has 0 radical (unpaired) electrons. The average molecular weight is 270 g/mol. The minimum Gasteiger partial charge on any atom is -0.381 e. The summed E-state index contributed by atoms with van der Waals surface area (Å²) in [5.74, 6) is -0.779. The van der Waals surface area contributed by atoms with Crippen molar-refractivity contribution >= 4 is 0 Å². The summed E-state index contributed by atoms with van der Waals surface area (Å²) in [6, 6.07) is 3.72. The van der Waals surface area contributed by atoms with Crippen LogP contribution in [0.1, 0.15) is 18.4 Å². The first-order valence-corrected chi connectivity index (χ1v) is 6.55. The van der Waals surface area contributed by atoms with Crippen molar-refractivity contribution in [3.05, 3.63) is 35.4 Å². The van der Waals surface area contributed by atoms with E-state index in [1.54, 1.807) is 7.11 Å². The molecule has 1 fully saturated rings. The van der Waals surface area contributed by atoms with Crippen LogP contribution in [0, 0.1) is 11.6 Å². The van der Waals surface area contributed by atoms with Gasteiger partial charge in [0.25, 0.3) is 0 Å². The first kappa shape index (κ1) is 14.4. The topological polar surface area (TPSA) is 38.5 Å². The smallest absolute Gasteiger partial charge is 0.127 e. The third-order valence-electron chi connectivity index (χ3n) is 3.78. The maximum absolute atomic E-state index is 13.6. The zero-order valence-electron chi connectivity index (χ0n) is 11.1. The molecule has 5 heteroatoms. The third-order valence-corrected chi connectivity index (χ3v) is 3.78. The van der Waals surface area contributed by atoms with Crippen molar-refractivity contribution < 1.29 is 13.5 Å². The van der Waals surface area contributed by atoms with Gasteiger partial charge in [-0.25, -0.2) is 8.78 Å². The van der Waals surface area contributed by atoms with Gasteiger partial charge in [0.05, 0.1) is 6.10 Å². The molecule has 1 aliphatic heterocycles. The fourth-order valence-electron chi connectivity index (χ4n) is 2.61. The van der Waals surface area contributed by atoms with E-state index in [0.29, 0.717) is 18.7 Å². The predicted molar refractivity (Wildman–Crippen MR) is 69.6 cm³/mol. The molecule has 0 aromatic heterocycles. The van der Waals surface area contributed by atoms with Crippen LogP contribution in [0.15, 0.2) is 18.2 Å². The fraction of sp³-hybridized carbons (Fsp3) is 0.571. The minimum atomic E-state index is -0.410. The van der Waals surface area contributed by atoms with Gasteiger partial charge in [0, 0.05) is 38.3 Å². The van der Waals surface area contributed by atoms with E-state index in [0.717, 1.165) is 25.5 Å². The maximum Gasteiger partial charge on any atom is 0.127 e.